The monoisotopic (exact) mass is 385 g/mol. The van der Waals surface area contributed by atoms with Crippen LogP contribution in [0.5, 0.6) is 0 Å². The van der Waals surface area contributed by atoms with E-state index >= 15 is 0 Å². The first-order valence-corrected chi connectivity index (χ1v) is 10.4. The topological polar surface area (TPSA) is 57.8 Å². The van der Waals surface area contributed by atoms with E-state index in [1.165, 1.54) is 38.5 Å². The number of rotatable bonds is 3. The zero-order chi connectivity index (χ0) is 18.2. The molecule has 7 heteroatoms. The normalized spacial score (nSPS) is 21.7. The molecule has 0 aromatic carbocycles. The summed E-state index contributed by atoms with van der Waals surface area (Å²) in [5.41, 5.74) is 3.18. The number of nitrogens with zero attached hydrogens (tertiary/aromatic N) is 5. The van der Waals surface area contributed by atoms with Gasteiger partial charge in [-0.1, -0.05) is 19.3 Å². The molecule has 1 saturated carbocycles. The second-order valence-electron chi connectivity index (χ2n) is 7.64. The van der Waals surface area contributed by atoms with Gasteiger partial charge >= 0.3 is 0 Å². The van der Waals surface area contributed by atoms with Crippen LogP contribution in [0.15, 0.2) is 24.7 Å². The van der Waals surface area contributed by atoms with E-state index in [-0.39, 0.29) is 6.23 Å². The van der Waals surface area contributed by atoms with E-state index in [4.69, 9.17) is 16.3 Å². The van der Waals surface area contributed by atoms with E-state index in [0.717, 1.165) is 41.7 Å². The lowest BCUT2D eigenvalue weighted by molar-refractivity contribution is -0.0394. The van der Waals surface area contributed by atoms with Crippen molar-refractivity contribution in [3.63, 3.8) is 0 Å². The highest BCUT2D eigenvalue weighted by Crippen LogP contribution is 2.37. The van der Waals surface area contributed by atoms with Crippen molar-refractivity contribution in [1.82, 2.24) is 24.3 Å². The van der Waals surface area contributed by atoms with Crippen molar-refractivity contribution in [3.05, 3.63) is 29.9 Å². The lowest BCUT2D eigenvalue weighted by atomic mass is 9.95. The molecule has 5 rings (SSSR count). The SMILES string of the molecule is Clc1ncc2cc(-c3cnn(C4CCCCO4)c3)n(C3CCCCC3)c2n1. The van der Waals surface area contributed by atoms with Crippen LogP contribution in [0.1, 0.15) is 63.6 Å². The molecule has 2 aliphatic rings. The Balaban J connectivity index is 1.58. The van der Waals surface area contributed by atoms with Gasteiger partial charge in [-0.3, -0.25) is 0 Å². The van der Waals surface area contributed by atoms with E-state index in [9.17, 15) is 0 Å². The summed E-state index contributed by atoms with van der Waals surface area (Å²) in [6, 6.07) is 2.62. The Hall–Kier alpha value is -1.92. The first-order chi connectivity index (χ1) is 13.3. The van der Waals surface area contributed by atoms with E-state index in [2.05, 4.69) is 31.9 Å². The third kappa shape index (κ3) is 3.25. The van der Waals surface area contributed by atoms with E-state index < -0.39 is 0 Å². The minimum absolute atomic E-state index is 0.0502. The molecule has 0 N–H and O–H groups in total. The molecule has 2 fully saturated rings. The minimum Gasteiger partial charge on any atom is -0.357 e. The fraction of sp³-hybridized carbons (Fsp3) is 0.550. The largest absolute Gasteiger partial charge is 0.357 e. The predicted octanol–water partition coefficient (Wildman–Crippen LogP) is 5.15. The minimum atomic E-state index is 0.0502. The first-order valence-electron chi connectivity index (χ1n) is 9.99. The van der Waals surface area contributed by atoms with Crippen LogP contribution < -0.4 is 0 Å². The molecule has 3 aromatic rings. The Labute approximate surface area is 163 Å². The Bertz CT molecular complexity index is 937. The standard InChI is InChI=1S/C20H24ClN5O/c21-20-22-11-14-10-17(26(19(14)24-20)16-6-2-1-3-7-16)15-12-23-25(13-15)18-8-4-5-9-27-18/h10-13,16,18H,1-9H2. The number of hydrogen-bond donors (Lipinski definition) is 0. The van der Waals surface area contributed by atoms with Gasteiger partial charge in [0.1, 0.15) is 11.9 Å². The molecule has 1 saturated heterocycles. The molecule has 6 nitrogen and oxygen atoms in total. The quantitative estimate of drug-likeness (QED) is 0.585. The highest BCUT2D eigenvalue weighted by atomic mass is 35.5. The third-order valence-corrected chi connectivity index (χ3v) is 6.02. The summed E-state index contributed by atoms with van der Waals surface area (Å²) in [6.45, 7) is 0.816. The fourth-order valence-corrected chi connectivity index (χ4v) is 4.61. The molecular weight excluding hydrogens is 362 g/mol. The van der Waals surface area contributed by atoms with Gasteiger partial charge in [0.15, 0.2) is 0 Å². The van der Waals surface area contributed by atoms with Gasteiger partial charge in [0.2, 0.25) is 5.28 Å². The number of ether oxygens (including phenoxy) is 1. The maximum Gasteiger partial charge on any atom is 0.224 e. The summed E-state index contributed by atoms with van der Waals surface area (Å²) >= 11 is 6.12. The van der Waals surface area contributed by atoms with Crippen LogP contribution in [0.3, 0.4) is 0 Å². The smallest absolute Gasteiger partial charge is 0.224 e. The number of fused-ring (bicyclic) bond motifs is 1. The van der Waals surface area contributed by atoms with Crippen molar-refractivity contribution in [2.24, 2.45) is 0 Å². The molecule has 1 atom stereocenters. The van der Waals surface area contributed by atoms with E-state index in [0.29, 0.717) is 11.3 Å². The molecule has 1 unspecified atom stereocenters. The molecule has 0 amide bonds. The molecule has 0 radical (unpaired) electrons. The zero-order valence-corrected chi connectivity index (χ0v) is 16.1. The first kappa shape index (κ1) is 17.2. The summed E-state index contributed by atoms with van der Waals surface area (Å²) in [5.74, 6) is 0. The van der Waals surface area contributed by atoms with Gasteiger partial charge in [-0.15, -0.1) is 0 Å². The van der Waals surface area contributed by atoms with Crippen LogP contribution in [0, 0.1) is 0 Å². The predicted molar refractivity (Wildman–Crippen MR) is 105 cm³/mol. The van der Waals surface area contributed by atoms with Crippen molar-refractivity contribution >= 4 is 22.6 Å². The van der Waals surface area contributed by atoms with Crippen molar-refractivity contribution in [3.8, 4) is 11.3 Å². The van der Waals surface area contributed by atoms with Crippen LogP contribution in [0.4, 0.5) is 0 Å². The van der Waals surface area contributed by atoms with Gasteiger partial charge in [0, 0.05) is 36.0 Å². The van der Waals surface area contributed by atoms with Crippen molar-refractivity contribution < 1.29 is 4.74 Å². The second kappa shape index (κ2) is 7.24. The van der Waals surface area contributed by atoms with Gasteiger partial charge in [-0.05, 0) is 49.8 Å². The lowest BCUT2D eigenvalue weighted by Gasteiger charge is -2.26. The molecule has 27 heavy (non-hydrogen) atoms. The summed E-state index contributed by atoms with van der Waals surface area (Å²) in [4.78, 5) is 8.74. The van der Waals surface area contributed by atoms with E-state index in [1.54, 1.807) is 0 Å². The van der Waals surface area contributed by atoms with Crippen LogP contribution in [0.25, 0.3) is 22.3 Å². The second-order valence-corrected chi connectivity index (χ2v) is 7.98. The van der Waals surface area contributed by atoms with Crippen LogP contribution in [-0.2, 0) is 4.74 Å². The van der Waals surface area contributed by atoms with Crippen molar-refractivity contribution in [2.75, 3.05) is 6.61 Å². The highest BCUT2D eigenvalue weighted by Gasteiger charge is 2.24. The summed E-state index contributed by atoms with van der Waals surface area (Å²) < 4.78 is 10.2. The molecule has 0 bridgehead atoms. The van der Waals surface area contributed by atoms with Crippen molar-refractivity contribution in [1.29, 1.82) is 0 Å². The van der Waals surface area contributed by atoms with Gasteiger partial charge in [-0.25, -0.2) is 9.67 Å². The van der Waals surface area contributed by atoms with Gasteiger partial charge in [0.25, 0.3) is 0 Å². The lowest BCUT2D eigenvalue weighted by Crippen LogP contribution is -2.18. The number of hydrogen-bond acceptors (Lipinski definition) is 4. The molecule has 4 heterocycles. The Morgan fingerprint density at radius 3 is 2.70 bits per heavy atom. The third-order valence-electron chi connectivity index (χ3n) is 5.83. The maximum absolute atomic E-state index is 6.12. The van der Waals surface area contributed by atoms with Crippen LogP contribution >= 0.6 is 11.6 Å². The van der Waals surface area contributed by atoms with Gasteiger partial charge in [-0.2, -0.15) is 10.1 Å². The van der Waals surface area contributed by atoms with Crippen molar-refractivity contribution in [2.45, 2.75) is 63.6 Å². The number of aromatic nitrogens is 5. The van der Waals surface area contributed by atoms with Crippen LogP contribution in [0.2, 0.25) is 5.28 Å². The Morgan fingerprint density at radius 1 is 1.04 bits per heavy atom. The molecule has 1 aliphatic carbocycles. The highest BCUT2D eigenvalue weighted by molar-refractivity contribution is 6.28. The molecule has 1 aliphatic heterocycles. The summed E-state index contributed by atoms with van der Waals surface area (Å²) in [6.07, 6.45) is 15.5. The molecule has 142 valence electrons. The van der Waals surface area contributed by atoms with E-state index in [1.807, 2.05) is 17.1 Å². The zero-order valence-electron chi connectivity index (χ0n) is 15.4. The van der Waals surface area contributed by atoms with Gasteiger partial charge in [0.05, 0.1) is 11.9 Å². The Morgan fingerprint density at radius 2 is 1.89 bits per heavy atom. The van der Waals surface area contributed by atoms with Gasteiger partial charge < -0.3 is 9.30 Å². The average Bonchev–Trinajstić information content (AvgIpc) is 3.34. The molecule has 0 spiro atoms. The molecule has 3 aromatic heterocycles. The summed E-state index contributed by atoms with van der Waals surface area (Å²) in [7, 11) is 0. The fourth-order valence-electron chi connectivity index (χ4n) is 4.48. The van der Waals surface area contributed by atoms with Crippen LogP contribution in [-0.4, -0.2) is 30.9 Å². The Kier molecular flexibility index (Phi) is 4.61. The average molecular weight is 386 g/mol. The maximum atomic E-state index is 6.12. The molecular formula is C20H24ClN5O. The number of halogens is 1. The summed E-state index contributed by atoms with van der Waals surface area (Å²) in [5, 5.41) is 5.94.